The van der Waals surface area contributed by atoms with Crippen LogP contribution in [0.4, 0.5) is 0 Å². The van der Waals surface area contributed by atoms with Crippen molar-refractivity contribution in [1.29, 1.82) is 0 Å². The Labute approximate surface area is 115 Å². The van der Waals surface area contributed by atoms with Gasteiger partial charge in [-0.1, -0.05) is 19.3 Å². The van der Waals surface area contributed by atoms with E-state index >= 15 is 0 Å². The molecule has 1 fully saturated rings. The maximum atomic E-state index is 5.76. The number of hydrogen-bond acceptors (Lipinski definition) is 3. The number of hydrogen-bond donors (Lipinski definition) is 1. The normalized spacial score (nSPS) is 17.2. The second-order valence-electron chi connectivity index (χ2n) is 5.27. The molecule has 2 rings (SSSR count). The van der Waals surface area contributed by atoms with E-state index in [0.717, 1.165) is 32.2 Å². The molecule has 0 amide bonds. The zero-order valence-electron chi connectivity index (χ0n) is 11.4. The highest BCUT2D eigenvalue weighted by Gasteiger charge is 2.12. The Hall–Kier alpha value is -0.380. The van der Waals surface area contributed by atoms with Crippen molar-refractivity contribution < 1.29 is 4.74 Å². The van der Waals surface area contributed by atoms with E-state index in [1.54, 1.807) is 0 Å². The number of nitrogens with one attached hydrogen (secondary N) is 1. The third kappa shape index (κ3) is 5.09. The summed E-state index contributed by atoms with van der Waals surface area (Å²) in [5, 5.41) is 3.44. The Morgan fingerprint density at radius 2 is 2.11 bits per heavy atom. The summed E-state index contributed by atoms with van der Waals surface area (Å²) in [6.07, 6.45) is 7.00. The molecule has 1 aromatic rings. The van der Waals surface area contributed by atoms with Crippen molar-refractivity contribution in [2.45, 2.75) is 45.6 Å². The maximum Gasteiger partial charge on any atom is 0.0591 e. The third-order valence-corrected chi connectivity index (χ3v) is 4.60. The van der Waals surface area contributed by atoms with Gasteiger partial charge in [-0.15, -0.1) is 11.3 Å². The summed E-state index contributed by atoms with van der Waals surface area (Å²) in [4.78, 5) is 2.81. The van der Waals surface area contributed by atoms with E-state index in [1.807, 2.05) is 11.3 Å². The molecule has 0 aliphatic heterocycles. The molecule has 18 heavy (non-hydrogen) atoms. The molecule has 1 N–H and O–H groups in total. The SMILES string of the molecule is Cc1ccc(CNCCOCC2CCCCC2)s1. The smallest absolute Gasteiger partial charge is 0.0591 e. The monoisotopic (exact) mass is 267 g/mol. The number of aryl methyl sites for hydroxylation is 1. The van der Waals surface area contributed by atoms with Gasteiger partial charge < -0.3 is 10.1 Å². The number of ether oxygens (including phenoxy) is 1. The lowest BCUT2D eigenvalue weighted by Gasteiger charge is -2.21. The molecule has 0 spiro atoms. The maximum absolute atomic E-state index is 5.76. The van der Waals surface area contributed by atoms with Gasteiger partial charge in [-0.05, 0) is 37.8 Å². The van der Waals surface area contributed by atoms with Crippen molar-refractivity contribution >= 4 is 11.3 Å². The summed E-state index contributed by atoms with van der Waals surface area (Å²) < 4.78 is 5.76. The fraction of sp³-hybridized carbons (Fsp3) is 0.733. The van der Waals surface area contributed by atoms with Gasteiger partial charge in [-0.25, -0.2) is 0 Å². The van der Waals surface area contributed by atoms with Crippen LogP contribution in [-0.4, -0.2) is 19.8 Å². The van der Waals surface area contributed by atoms with Gasteiger partial charge >= 0.3 is 0 Å². The Balaban J connectivity index is 1.46. The van der Waals surface area contributed by atoms with Gasteiger partial charge in [0.25, 0.3) is 0 Å². The number of rotatable bonds is 7. The van der Waals surface area contributed by atoms with E-state index < -0.39 is 0 Å². The Kier molecular flexibility index (Phi) is 6.18. The molecule has 1 heterocycles. The summed E-state index contributed by atoms with van der Waals surface area (Å²) in [7, 11) is 0. The van der Waals surface area contributed by atoms with Gasteiger partial charge in [-0.3, -0.25) is 0 Å². The van der Waals surface area contributed by atoms with Gasteiger partial charge in [0, 0.05) is 29.5 Å². The highest BCUT2D eigenvalue weighted by atomic mass is 32.1. The number of thiophene rings is 1. The van der Waals surface area contributed by atoms with E-state index in [-0.39, 0.29) is 0 Å². The topological polar surface area (TPSA) is 21.3 Å². The quantitative estimate of drug-likeness (QED) is 0.760. The minimum absolute atomic E-state index is 0.832. The van der Waals surface area contributed by atoms with E-state index in [2.05, 4.69) is 24.4 Å². The minimum Gasteiger partial charge on any atom is -0.380 e. The largest absolute Gasteiger partial charge is 0.380 e. The molecule has 0 bridgehead atoms. The van der Waals surface area contributed by atoms with E-state index in [4.69, 9.17) is 4.74 Å². The van der Waals surface area contributed by atoms with Crippen molar-refractivity contribution in [3.8, 4) is 0 Å². The van der Waals surface area contributed by atoms with Gasteiger partial charge in [0.15, 0.2) is 0 Å². The molecular formula is C15H25NOS. The van der Waals surface area contributed by atoms with Crippen LogP contribution in [0.3, 0.4) is 0 Å². The van der Waals surface area contributed by atoms with E-state index in [0.29, 0.717) is 0 Å². The summed E-state index contributed by atoms with van der Waals surface area (Å²) in [6, 6.07) is 4.39. The summed E-state index contributed by atoms with van der Waals surface area (Å²) in [5.74, 6) is 0.832. The molecule has 3 heteroatoms. The van der Waals surface area contributed by atoms with E-state index in [9.17, 15) is 0 Å². The van der Waals surface area contributed by atoms with Gasteiger partial charge in [-0.2, -0.15) is 0 Å². The zero-order valence-corrected chi connectivity index (χ0v) is 12.2. The highest BCUT2D eigenvalue weighted by molar-refractivity contribution is 7.11. The van der Waals surface area contributed by atoms with Gasteiger partial charge in [0.05, 0.1) is 6.61 Å². The van der Waals surface area contributed by atoms with Crippen LogP contribution in [0.1, 0.15) is 41.9 Å². The second-order valence-corrected chi connectivity index (χ2v) is 6.64. The summed E-state index contributed by atoms with van der Waals surface area (Å²) in [5.41, 5.74) is 0. The third-order valence-electron chi connectivity index (χ3n) is 3.60. The lowest BCUT2D eigenvalue weighted by Crippen LogP contribution is -2.21. The van der Waals surface area contributed by atoms with Crippen LogP contribution in [0.25, 0.3) is 0 Å². The minimum atomic E-state index is 0.832. The van der Waals surface area contributed by atoms with Crippen molar-refractivity contribution in [2.75, 3.05) is 19.8 Å². The molecule has 1 saturated carbocycles. The fourth-order valence-electron chi connectivity index (χ4n) is 2.54. The van der Waals surface area contributed by atoms with Crippen LogP contribution in [-0.2, 0) is 11.3 Å². The molecule has 1 aromatic heterocycles. The van der Waals surface area contributed by atoms with Crippen molar-refractivity contribution in [1.82, 2.24) is 5.32 Å². The van der Waals surface area contributed by atoms with Crippen molar-refractivity contribution in [3.05, 3.63) is 21.9 Å². The lowest BCUT2D eigenvalue weighted by molar-refractivity contribution is 0.0869. The fourth-order valence-corrected chi connectivity index (χ4v) is 3.40. The molecule has 0 atom stereocenters. The molecular weight excluding hydrogens is 242 g/mol. The molecule has 0 aromatic carbocycles. The van der Waals surface area contributed by atoms with Crippen LogP contribution in [0.15, 0.2) is 12.1 Å². The van der Waals surface area contributed by atoms with Crippen LogP contribution in [0.2, 0.25) is 0 Å². The average molecular weight is 267 g/mol. The Bertz CT molecular complexity index is 331. The van der Waals surface area contributed by atoms with Crippen molar-refractivity contribution in [3.63, 3.8) is 0 Å². The first-order chi connectivity index (χ1) is 8.84. The molecule has 1 aliphatic rings. The first-order valence-corrected chi connectivity index (χ1v) is 8.00. The second kappa shape index (κ2) is 7.93. The van der Waals surface area contributed by atoms with Crippen LogP contribution in [0.5, 0.6) is 0 Å². The van der Waals surface area contributed by atoms with Crippen LogP contribution >= 0.6 is 11.3 Å². The molecule has 0 unspecified atom stereocenters. The van der Waals surface area contributed by atoms with Crippen LogP contribution < -0.4 is 5.32 Å². The Morgan fingerprint density at radius 3 is 2.83 bits per heavy atom. The highest BCUT2D eigenvalue weighted by Crippen LogP contribution is 2.23. The summed E-state index contributed by atoms with van der Waals surface area (Å²) in [6.45, 7) is 5.91. The first kappa shape index (κ1) is 14.0. The van der Waals surface area contributed by atoms with Crippen molar-refractivity contribution in [2.24, 2.45) is 5.92 Å². The standard InChI is InChI=1S/C15H25NOS/c1-13-7-8-15(18-13)11-16-9-10-17-12-14-5-3-2-4-6-14/h7-8,14,16H,2-6,9-12H2,1H3. The predicted octanol–water partition coefficient (Wildman–Crippen LogP) is 3.74. The van der Waals surface area contributed by atoms with Crippen LogP contribution in [0, 0.1) is 12.8 Å². The average Bonchev–Trinajstić information content (AvgIpc) is 2.81. The van der Waals surface area contributed by atoms with Gasteiger partial charge in [0.1, 0.15) is 0 Å². The lowest BCUT2D eigenvalue weighted by atomic mass is 9.90. The predicted molar refractivity (Wildman–Crippen MR) is 78.2 cm³/mol. The molecule has 102 valence electrons. The molecule has 0 saturated heterocycles. The molecule has 0 radical (unpaired) electrons. The van der Waals surface area contributed by atoms with Gasteiger partial charge in [0.2, 0.25) is 0 Å². The first-order valence-electron chi connectivity index (χ1n) is 7.18. The Morgan fingerprint density at radius 1 is 1.28 bits per heavy atom. The van der Waals surface area contributed by atoms with E-state index in [1.165, 1.54) is 41.9 Å². The molecule has 2 nitrogen and oxygen atoms in total. The molecule has 1 aliphatic carbocycles. The zero-order chi connectivity index (χ0) is 12.6. The summed E-state index contributed by atoms with van der Waals surface area (Å²) >= 11 is 1.87.